The summed E-state index contributed by atoms with van der Waals surface area (Å²) in [6.45, 7) is 0. The molecule has 2 heteroatoms. The van der Waals surface area contributed by atoms with E-state index in [9.17, 15) is 0 Å². The minimum absolute atomic E-state index is 0. The van der Waals surface area contributed by atoms with E-state index in [2.05, 4.69) is 0 Å². The fourth-order valence-corrected chi connectivity index (χ4v) is 2.03. The maximum atomic E-state index is 5.76. The molecule has 0 aliphatic heterocycles. The molecule has 1 nitrogen and oxygen atoms in total. The predicted octanol–water partition coefficient (Wildman–Crippen LogP) is 1.70. The van der Waals surface area contributed by atoms with Crippen LogP contribution in [0.1, 0.15) is 32.1 Å². The lowest BCUT2D eigenvalue weighted by atomic mass is 10.1. The van der Waals surface area contributed by atoms with Crippen molar-refractivity contribution in [2.24, 2.45) is 11.1 Å². The van der Waals surface area contributed by atoms with Crippen molar-refractivity contribution < 1.29 is 0 Å². The van der Waals surface area contributed by atoms with Gasteiger partial charge in [-0.05, 0) is 24.7 Å². The van der Waals surface area contributed by atoms with E-state index in [-0.39, 0.29) is 12.4 Å². The summed E-state index contributed by atoms with van der Waals surface area (Å²) < 4.78 is 0. The number of hydrogen-bond acceptors (Lipinski definition) is 1. The van der Waals surface area contributed by atoms with Crippen molar-refractivity contribution in [3.05, 3.63) is 0 Å². The molecule has 0 radical (unpaired) electrons. The molecule has 0 bridgehead atoms. The number of rotatable bonds is 0. The molecular weight excluding hydrogens is 134 g/mol. The summed E-state index contributed by atoms with van der Waals surface area (Å²) in [5, 5.41) is 0. The largest absolute Gasteiger partial charge is 0.327 e. The second kappa shape index (κ2) is 2.14. The molecule has 2 aliphatic rings. The summed E-state index contributed by atoms with van der Waals surface area (Å²) in [5.74, 6) is 0. The third kappa shape index (κ3) is 0.968. The molecule has 2 saturated carbocycles. The lowest BCUT2D eigenvalue weighted by molar-refractivity contribution is 0.511. The summed E-state index contributed by atoms with van der Waals surface area (Å²) in [6, 6.07) is 0.588. The van der Waals surface area contributed by atoms with Gasteiger partial charge in [-0.15, -0.1) is 12.4 Å². The Morgan fingerprint density at radius 3 is 1.89 bits per heavy atom. The molecule has 2 rings (SSSR count). The van der Waals surface area contributed by atoms with Crippen molar-refractivity contribution in [2.75, 3.05) is 0 Å². The van der Waals surface area contributed by atoms with E-state index in [1.165, 1.54) is 32.1 Å². The first-order chi connectivity index (χ1) is 3.83. The van der Waals surface area contributed by atoms with Gasteiger partial charge >= 0.3 is 0 Å². The molecule has 0 aromatic heterocycles. The number of halogens is 1. The monoisotopic (exact) mass is 147 g/mol. The second-order valence-electron chi connectivity index (χ2n) is 3.38. The smallest absolute Gasteiger partial charge is 0.0102 e. The van der Waals surface area contributed by atoms with E-state index < -0.39 is 0 Å². The summed E-state index contributed by atoms with van der Waals surface area (Å²) >= 11 is 0. The normalized spacial score (nSPS) is 36.3. The zero-order chi connectivity index (χ0) is 5.61. The molecule has 2 aliphatic carbocycles. The van der Waals surface area contributed by atoms with Crippen LogP contribution < -0.4 is 5.73 Å². The van der Waals surface area contributed by atoms with Crippen molar-refractivity contribution in [2.45, 2.75) is 38.1 Å². The summed E-state index contributed by atoms with van der Waals surface area (Å²) in [4.78, 5) is 0. The van der Waals surface area contributed by atoms with E-state index in [0.717, 1.165) is 0 Å². The molecule has 1 spiro atoms. The minimum Gasteiger partial charge on any atom is -0.327 e. The Hall–Kier alpha value is 0.250. The van der Waals surface area contributed by atoms with E-state index in [4.69, 9.17) is 5.73 Å². The van der Waals surface area contributed by atoms with Crippen molar-refractivity contribution in [3.63, 3.8) is 0 Å². The lowest BCUT2D eigenvalue weighted by Gasteiger charge is -2.01. The quantitative estimate of drug-likeness (QED) is 0.555. The highest BCUT2D eigenvalue weighted by atomic mass is 35.5. The summed E-state index contributed by atoms with van der Waals surface area (Å²) in [7, 11) is 0. The van der Waals surface area contributed by atoms with E-state index >= 15 is 0 Å². The Balaban J connectivity index is 0.000000405. The molecule has 2 N–H and O–H groups in total. The molecule has 0 amide bonds. The first kappa shape index (κ1) is 7.36. The van der Waals surface area contributed by atoms with Gasteiger partial charge in [0.15, 0.2) is 0 Å². The molecule has 0 saturated heterocycles. The van der Waals surface area contributed by atoms with Gasteiger partial charge in [-0.1, -0.05) is 12.8 Å². The van der Waals surface area contributed by atoms with Crippen LogP contribution in [0.15, 0.2) is 0 Å². The fourth-order valence-electron chi connectivity index (χ4n) is 2.03. The highest BCUT2D eigenvalue weighted by Crippen LogP contribution is 2.56. The molecule has 54 valence electrons. The van der Waals surface area contributed by atoms with Crippen LogP contribution in [-0.2, 0) is 0 Å². The molecule has 0 aromatic carbocycles. The standard InChI is InChI=1S/C7H13N.ClH/c8-6-5-7(6)3-1-2-4-7;/h6H,1-5,8H2;1H. The van der Waals surface area contributed by atoms with Crippen LogP contribution in [0.5, 0.6) is 0 Å². The highest BCUT2D eigenvalue weighted by Gasteiger charge is 2.52. The molecular formula is C7H14ClN. The average Bonchev–Trinajstić information content (AvgIpc) is 2.29. The topological polar surface area (TPSA) is 26.0 Å². The van der Waals surface area contributed by atoms with Crippen LogP contribution >= 0.6 is 12.4 Å². The van der Waals surface area contributed by atoms with E-state index in [0.29, 0.717) is 11.5 Å². The Morgan fingerprint density at radius 1 is 1.22 bits per heavy atom. The molecule has 1 unspecified atom stereocenters. The maximum absolute atomic E-state index is 5.76. The van der Waals surface area contributed by atoms with Gasteiger partial charge in [0.2, 0.25) is 0 Å². The average molecular weight is 148 g/mol. The van der Waals surface area contributed by atoms with Crippen molar-refractivity contribution in [1.29, 1.82) is 0 Å². The zero-order valence-electron chi connectivity index (χ0n) is 5.60. The molecule has 0 heterocycles. The van der Waals surface area contributed by atoms with Crippen LogP contribution in [-0.4, -0.2) is 6.04 Å². The van der Waals surface area contributed by atoms with Crippen LogP contribution in [0, 0.1) is 5.41 Å². The summed E-state index contributed by atoms with van der Waals surface area (Å²) in [5.41, 5.74) is 6.44. The Kier molecular flexibility index (Phi) is 1.75. The van der Waals surface area contributed by atoms with Gasteiger partial charge in [0.1, 0.15) is 0 Å². The Morgan fingerprint density at radius 2 is 1.67 bits per heavy atom. The van der Waals surface area contributed by atoms with Gasteiger partial charge < -0.3 is 5.73 Å². The fraction of sp³-hybridized carbons (Fsp3) is 1.00. The molecule has 0 aromatic rings. The van der Waals surface area contributed by atoms with E-state index in [1.54, 1.807) is 0 Å². The zero-order valence-corrected chi connectivity index (χ0v) is 6.41. The van der Waals surface area contributed by atoms with E-state index in [1.807, 2.05) is 0 Å². The first-order valence-electron chi connectivity index (χ1n) is 3.59. The third-order valence-corrected chi connectivity index (χ3v) is 2.85. The van der Waals surface area contributed by atoms with Crippen molar-refractivity contribution in [1.82, 2.24) is 0 Å². The van der Waals surface area contributed by atoms with Crippen LogP contribution in [0.4, 0.5) is 0 Å². The van der Waals surface area contributed by atoms with Crippen molar-refractivity contribution >= 4 is 12.4 Å². The maximum Gasteiger partial charge on any atom is 0.0102 e. The summed E-state index contributed by atoms with van der Waals surface area (Å²) in [6.07, 6.45) is 7.05. The third-order valence-electron chi connectivity index (χ3n) is 2.85. The van der Waals surface area contributed by atoms with Crippen molar-refractivity contribution in [3.8, 4) is 0 Å². The second-order valence-corrected chi connectivity index (χ2v) is 3.38. The molecule has 2 fully saturated rings. The Bertz CT molecular complexity index is 107. The number of nitrogens with two attached hydrogens (primary N) is 1. The van der Waals surface area contributed by atoms with Gasteiger partial charge in [0.25, 0.3) is 0 Å². The highest BCUT2D eigenvalue weighted by molar-refractivity contribution is 5.85. The SMILES string of the molecule is Cl.NC1CC12CCCC2. The van der Waals surface area contributed by atoms with Gasteiger partial charge in [0.05, 0.1) is 0 Å². The van der Waals surface area contributed by atoms with Gasteiger partial charge in [-0.25, -0.2) is 0 Å². The lowest BCUT2D eigenvalue weighted by Crippen LogP contribution is -2.09. The number of hydrogen-bond donors (Lipinski definition) is 1. The van der Waals surface area contributed by atoms with Gasteiger partial charge in [0, 0.05) is 6.04 Å². The van der Waals surface area contributed by atoms with Crippen LogP contribution in [0.2, 0.25) is 0 Å². The van der Waals surface area contributed by atoms with Gasteiger partial charge in [-0.3, -0.25) is 0 Å². The van der Waals surface area contributed by atoms with Crippen LogP contribution in [0.3, 0.4) is 0 Å². The Labute approximate surface area is 62.4 Å². The van der Waals surface area contributed by atoms with Crippen LogP contribution in [0.25, 0.3) is 0 Å². The first-order valence-corrected chi connectivity index (χ1v) is 3.59. The molecule has 1 atom stereocenters. The minimum atomic E-state index is 0. The predicted molar refractivity (Wildman–Crippen MR) is 40.7 cm³/mol. The molecule has 9 heavy (non-hydrogen) atoms. The van der Waals surface area contributed by atoms with Gasteiger partial charge in [-0.2, -0.15) is 0 Å².